The van der Waals surface area contributed by atoms with Crippen LogP contribution in [0.4, 0.5) is 0 Å². The van der Waals surface area contributed by atoms with Gasteiger partial charge in [-0.25, -0.2) is 0 Å². The molecule has 55 valence electrons. The van der Waals surface area contributed by atoms with Crippen molar-refractivity contribution in [2.75, 3.05) is 0 Å². The minimum atomic E-state index is 0.881. The van der Waals surface area contributed by atoms with Crippen molar-refractivity contribution < 1.29 is 26.1 Å². The van der Waals surface area contributed by atoms with Crippen LogP contribution in [0.2, 0.25) is 0 Å². The molecule has 0 saturated carbocycles. The molecule has 0 aromatic heterocycles. The first-order valence-corrected chi connectivity index (χ1v) is 8.15. The molecule has 0 atom stereocenters. The van der Waals surface area contributed by atoms with Crippen LogP contribution in [0.25, 0.3) is 0 Å². The molecule has 0 aliphatic carbocycles. The van der Waals surface area contributed by atoms with Gasteiger partial charge in [-0.05, 0) is 0 Å². The number of hydrogen-bond donors (Lipinski definition) is 0. The zero-order valence-corrected chi connectivity index (χ0v) is 13.6. The summed E-state index contributed by atoms with van der Waals surface area (Å²) in [6, 6.07) is 4.39. The number of rotatable bonds is 1. The van der Waals surface area contributed by atoms with Crippen molar-refractivity contribution in [2.45, 2.75) is 22.7 Å². The second-order valence-corrected chi connectivity index (χ2v) is 5.25. The summed E-state index contributed by atoms with van der Waals surface area (Å²) >= 11 is 4.46. The molecule has 0 fully saturated rings. The number of benzene rings is 1. The predicted octanol–water partition coefficient (Wildman–Crippen LogP) is 1.72. The van der Waals surface area contributed by atoms with Crippen molar-refractivity contribution in [2.24, 2.45) is 0 Å². The van der Waals surface area contributed by atoms with E-state index in [1.54, 1.807) is 0 Å². The summed E-state index contributed by atoms with van der Waals surface area (Å²) in [7, 11) is 0. The molecule has 0 aliphatic heterocycles. The first-order valence-electron chi connectivity index (χ1n) is 3.76. The van der Waals surface area contributed by atoms with Crippen molar-refractivity contribution in [1.82, 2.24) is 0 Å². The zero-order valence-electron chi connectivity index (χ0n) is 7.07. The fourth-order valence-corrected chi connectivity index (χ4v) is 3.52. The Labute approximate surface area is 89.8 Å². The van der Waals surface area contributed by atoms with Gasteiger partial charge in [-0.2, -0.15) is 0 Å². The van der Waals surface area contributed by atoms with E-state index in [2.05, 4.69) is 38.6 Å². The van der Waals surface area contributed by atoms with Gasteiger partial charge < -0.3 is 0 Å². The molecule has 0 spiro atoms. The third-order valence-corrected chi connectivity index (χ3v) is 4.80. The molecule has 11 heavy (non-hydrogen) atoms. The van der Waals surface area contributed by atoms with Crippen LogP contribution in [-0.2, 0) is 42.7 Å². The van der Waals surface area contributed by atoms with Crippen LogP contribution >= 0.6 is 0 Å². The van der Waals surface area contributed by atoms with Gasteiger partial charge in [0.1, 0.15) is 0 Å². The minimum absolute atomic E-state index is 0.881. The second kappa shape index (κ2) is 3.95. The molecule has 0 saturated heterocycles. The summed E-state index contributed by atoms with van der Waals surface area (Å²) in [4.78, 5) is 1.23. The monoisotopic (exact) mass is 354 g/mol. The van der Waals surface area contributed by atoms with E-state index in [-0.39, 0.29) is 0 Å². The average molecular weight is 353 g/mol. The van der Waals surface area contributed by atoms with Gasteiger partial charge in [-0.1, -0.05) is 0 Å². The topological polar surface area (TPSA) is 0 Å². The van der Waals surface area contributed by atoms with E-state index in [0.29, 0.717) is 0 Å². The molecule has 0 unspecified atom stereocenters. The van der Waals surface area contributed by atoms with Gasteiger partial charge in [-0.15, -0.1) is 0 Å². The Morgan fingerprint density at radius 3 is 2.45 bits per heavy atom. The fraction of sp³-hybridized carbons (Fsp3) is 0.333. The van der Waals surface area contributed by atoms with Gasteiger partial charge in [0.15, 0.2) is 0 Å². The van der Waals surface area contributed by atoms with Crippen molar-refractivity contribution >= 4 is 12.6 Å². The molecule has 1 rings (SSSR count). The zero-order chi connectivity index (χ0) is 8.43. The van der Waals surface area contributed by atoms with Gasteiger partial charge in [0, 0.05) is 0 Å². The molecule has 0 N–H and O–H groups in total. The van der Waals surface area contributed by atoms with Gasteiger partial charge in [0.05, 0.1) is 0 Å². The molecular formula is C9H12HgS+. The van der Waals surface area contributed by atoms with Crippen molar-refractivity contribution in [3.8, 4) is 0 Å². The predicted molar refractivity (Wildman–Crippen MR) is 48.0 cm³/mol. The van der Waals surface area contributed by atoms with E-state index in [0.717, 1.165) is 26.1 Å². The van der Waals surface area contributed by atoms with Crippen LogP contribution in [0.15, 0.2) is 17.0 Å². The van der Waals surface area contributed by atoms with Crippen LogP contribution in [0.5, 0.6) is 0 Å². The number of hydrogen-bond acceptors (Lipinski definition) is 0. The summed E-state index contributed by atoms with van der Waals surface area (Å²) < 4.78 is 1.32. The first-order chi connectivity index (χ1) is 5.16. The second-order valence-electron chi connectivity index (χ2n) is 2.77. The molecule has 1 aromatic rings. The molecule has 0 aliphatic rings. The van der Waals surface area contributed by atoms with Crippen LogP contribution in [0.3, 0.4) is 0 Å². The van der Waals surface area contributed by atoms with E-state index in [4.69, 9.17) is 0 Å². The Hall–Kier alpha value is 0.505. The Kier molecular flexibility index (Phi) is 3.44. The van der Waals surface area contributed by atoms with Crippen LogP contribution in [0, 0.1) is 13.8 Å². The quantitative estimate of drug-likeness (QED) is 0.533. The summed E-state index contributed by atoms with van der Waals surface area (Å²) in [5.41, 5.74) is 4.39. The molecule has 1 aromatic carbocycles. The third kappa shape index (κ3) is 2.00. The standard InChI is InChI=1S/C9H11S.Hg/c1-6-4-5-9(10)8(3)7(6)2;/h4-5,10H,1H2,2-3H3;/p+1. The van der Waals surface area contributed by atoms with Crippen LogP contribution < -0.4 is 0 Å². The van der Waals surface area contributed by atoms with Crippen molar-refractivity contribution in [3.05, 3.63) is 28.8 Å². The molecular weight excluding hydrogens is 341 g/mol. The van der Waals surface area contributed by atoms with E-state index < -0.39 is 0 Å². The molecule has 0 amide bonds. The van der Waals surface area contributed by atoms with E-state index in [9.17, 15) is 0 Å². The average Bonchev–Trinajstić information content (AvgIpc) is 2.01. The molecule has 0 heterocycles. The maximum absolute atomic E-state index is 3.57. The molecule has 0 nitrogen and oxygen atoms in total. The SMILES string of the molecule is Cc1c([SH2+])ccc([CH2][Hg])c1C. The van der Waals surface area contributed by atoms with Gasteiger partial charge in [0.25, 0.3) is 0 Å². The maximum atomic E-state index is 3.57. The Bertz CT molecular complexity index is 269. The summed E-state index contributed by atoms with van der Waals surface area (Å²) in [5, 5.41) is 0. The summed E-state index contributed by atoms with van der Waals surface area (Å²) in [6.45, 7) is 4.38. The van der Waals surface area contributed by atoms with Gasteiger partial charge >= 0.3 is 90.2 Å². The fourth-order valence-electron chi connectivity index (χ4n) is 1.15. The van der Waals surface area contributed by atoms with Gasteiger partial charge in [-0.3, -0.25) is 0 Å². The molecule has 0 radical (unpaired) electrons. The summed E-state index contributed by atoms with van der Waals surface area (Å²) in [6.07, 6.45) is 0. The van der Waals surface area contributed by atoms with Crippen LogP contribution in [0.1, 0.15) is 16.7 Å². The van der Waals surface area contributed by atoms with Crippen molar-refractivity contribution in [3.63, 3.8) is 0 Å². The van der Waals surface area contributed by atoms with Gasteiger partial charge in [0.2, 0.25) is 0 Å². The van der Waals surface area contributed by atoms with E-state index in [1.807, 2.05) is 0 Å². The normalized spacial score (nSPS) is 10.3. The third-order valence-electron chi connectivity index (χ3n) is 2.17. The van der Waals surface area contributed by atoms with Crippen LogP contribution in [-0.4, -0.2) is 0 Å². The van der Waals surface area contributed by atoms with E-state index >= 15 is 0 Å². The van der Waals surface area contributed by atoms with E-state index in [1.165, 1.54) is 25.5 Å². The Morgan fingerprint density at radius 1 is 1.27 bits per heavy atom. The molecule has 0 bridgehead atoms. The first kappa shape index (κ1) is 9.59. The molecule has 2 heteroatoms. The Morgan fingerprint density at radius 2 is 1.91 bits per heavy atom. The summed E-state index contributed by atoms with van der Waals surface area (Å²) in [5.74, 6) is 0. The van der Waals surface area contributed by atoms with Crippen molar-refractivity contribution in [1.29, 1.82) is 0 Å². The Balaban J connectivity index is 3.25.